The number of halogens is 2. The largest absolute Gasteiger partial charge is 1.00 e. The Morgan fingerprint density at radius 1 is 0.932 bits per heavy atom. The SMILES string of the molecule is Cc1ccc(S(=O)(=O)CNC(=O)c2cnc3cc(Cl)ccc3c2)cc1.O=CO[O-].OCc1cnc2cc(Cl)ccc2c1.[H-].[Na+].[Na+]. The minimum absolute atomic E-state index is 0. The third-order valence-corrected chi connectivity index (χ3v) is 7.62. The van der Waals surface area contributed by atoms with Crippen LogP contribution in [0.25, 0.3) is 21.8 Å². The van der Waals surface area contributed by atoms with Crippen molar-refractivity contribution >= 4 is 67.2 Å². The first-order valence-electron chi connectivity index (χ1n) is 12.1. The van der Waals surface area contributed by atoms with Gasteiger partial charge in [0.05, 0.1) is 28.1 Å². The Balaban J connectivity index is 0.000000819. The maximum atomic E-state index is 12.3. The zero-order valence-corrected chi connectivity index (χ0v) is 30.4. The molecule has 0 bridgehead atoms. The van der Waals surface area contributed by atoms with Gasteiger partial charge in [0.25, 0.3) is 12.4 Å². The van der Waals surface area contributed by atoms with Crippen LogP contribution in [0, 0.1) is 6.92 Å². The van der Waals surface area contributed by atoms with Gasteiger partial charge < -0.3 is 22.0 Å². The Hall–Kier alpha value is -2.13. The van der Waals surface area contributed by atoms with E-state index in [1.54, 1.807) is 48.7 Å². The first-order valence-corrected chi connectivity index (χ1v) is 14.5. The molecule has 5 rings (SSSR count). The van der Waals surface area contributed by atoms with E-state index in [4.69, 9.17) is 38.4 Å². The molecular formula is C29H25Cl2N3Na2O7S. The van der Waals surface area contributed by atoms with Crippen LogP contribution >= 0.6 is 23.2 Å². The first kappa shape index (κ1) is 39.9. The number of nitrogens with one attached hydrogen (secondary N) is 1. The predicted octanol–water partition coefficient (Wildman–Crippen LogP) is -1.71. The van der Waals surface area contributed by atoms with E-state index in [0.29, 0.717) is 15.6 Å². The average Bonchev–Trinajstić information content (AvgIpc) is 3.00. The molecule has 5 aromatic rings. The van der Waals surface area contributed by atoms with Crippen LogP contribution in [-0.4, -0.2) is 41.7 Å². The molecule has 0 aliphatic rings. The Labute approximate surface area is 309 Å². The van der Waals surface area contributed by atoms with Crippen molar-refractivity contribution < 1.29 is 93.8 Å². The zero-order valence-electron chi connectivity index (χ0n) is 25.0. The fraction of sp³-hybridized carbons (Fsp3) is 0.103. The van der Waals surface area contributed by atoms with Crippen molar-refractivity contribution in [3.63, 3.8) is 0 Å². The summed E-state index contributed by atoms with van der Waals surface area (Å²) in [6.45, 7) is 1.71. The number of hydrogen-bond donors (Lipinski definition) is 2. The number of sulfone groups is 1. The minimum Gasteiger partial charge on any atom is -1.00 e. The second-order valence-corrected chi connectivity index (χ2v) is 11.5. The van der Waals surface area contributed by atoms with E-state index in [2.05, 4.69) is 20.2 Å². The number of carbonyl (C=O) groups excluding carboxylic acids is 2. The predicted molar refractivity (Wildman–Crippen MR) is 158 cm³/mol. The number of rotatable bonds is 6. The summed E-state index contributed by atoms with van der Waals surface area (Å²) in [6.07, 6.45) is 3.05. The molecule has 0 radical (unpaired) electrons. The molecule has 0 unspecified atom stereocenters. The quantitative estimate of drug-likeness (QED) is 0.0926. The van der Waals surface area contributed by atoms with Crippen LogP contribution in [-0.2, 0) is 26.1 Å². The van der Waals surface area contributed by atoms with Gasteiger partial charge in [-0.2, -0.15) is 0 Å². The number of hydrogen-bond acceptors (Lipinski definition) is 9. The van der Waals surface area contributed by atoms with Gasteiger partial charge in [-0.3, -0.25) is 19.6 Å². The summed E-state index contributed by atoms with van der Waals surface area (Å²) < 4.78 is 24.6. The van der Waals surface area contributed by atoms with Crippen molar-refractivity contribution in [2.24, 2.45) is 0 Å². The van der Waals surface area contributed by atoms with Crippen molar-refractivity contribution in [3.8, 4) is 0 Å². The molecule has 0 atom stereocenters. The molecule has 0 aliphatic heterocycles. The Kier molecular flexibility index (Phi) is 17.6. The van der Waals surface area contributed by atoms with Crippen molar-refractivity contribution in [2.45, 2.75) is 18.4 Å². The van der Waals surface area contributed by atoms with E-state index in [1.165, 1.54) is 18.3 Å². The molecule has 0 spiro atoms. The monoisotopic (exact) mass is 675 g/mol. The van der Waals surface area contributed by atoms with Crippen LogP contribution in [0.15, 0.2) is 90.1 Å². The van der Waals surface area contributed by atoms with Crippen molar-refractivity contribution in [2.75, 3.05) is 5.88 Å². The molecular weight excluding hydrogens is 651 g/mol. The number of nitrogens with zero attached hydrogens (tertiary/aromatic N) is 2. The molecule has 0 saturated carbocycles. The average molecular weight is 676 g/mol. The van der Waals surface area contributed by atoms with Gasteiger partial charge in [-0.25, -0.2) is 8.42 Å². The van der Waals surface area contributed by atoms with Gasteiger partial charge in [0.15, 0.2) is 9.84 Å². The topological polar surface area (TPSA) is 159 Å². The van der Waals surface area contributed by atoms with Crippen LogP contribution in [0.4, 0.5) is 0 Å². The Bertz CT molecular complexity index is 1820. The maximum absolute atomic E-state index is 12.3. The summed E-state index contributed by atoms with van der Waals surface area (Å²) in [4.78, 5) is 32.0. The number of aliphatic hydroxyl groups excluding tert-OH is 1. The van der Waals surface area contributed by atoms with Gasteiger partial charge in [-0.15, -0.1) is 0 Å². The van der Waals surface area contributed by atoms with Gasteiger partial charge in [0.2, 0.25) is 0 Å². The van der Waals surface area contributed by atoms with Gasteiger partial charge in [0.1, 0.15) is 5.88 Å². The van der Waals surface area contributed by atoms with E-state index in [-0.39, 0.29) is 84.1 Å². The van der Waals surface area contributed by atoms with Crippen molar-refractivity contribution in [1.82, 2.24) is 15.3 Å². The van der Waals surface area contributed by atoms with Gasteiger partial charge in [-0.1, -0.05) is 53.0 Å². The second kappa shape index (κ2) is 19.4. The normalized spacial score (nSPS) is 10.1. The zero-order chi connectivity index (χ0) is 30.7. The number of fused-ring (bicyclic) bond motifs is 2. The van der Waals surface area contributed by atoms with Crippen molar-refractivity contribution in [3.05, 3.63) is 112 Å². The number of aliphatic hydroxyl groups is 1. The molecule has 3 aromatic carbocycles. The third-order valence-electron chi connectivity index (χ3n) is 5.64. The van der Waals surface area contributed by atoms with Crippen LogP contribution in [0.3, 0.4) is 0 Å². The summed E-state index contributed by atoms with van der Waals surface area (Å²) in [5.41, 5.74) is 3.58. The van der Waals surface area contributed by atoms with E-state index in [0.717, 1.165) is 27.4 Å². The van der Waals surface area contributed by atoms with E-state index >= 15 is 0 Å². The van der Waals surface area contributed by atoms with Crippen LogP contribution in [0.5, 0.6) is 0 Å². The first-order chi connectivity index (χ1) is 20.1. The molecule has 220 valence electrons. The number of carbonyl (C=O) groups is 2. The summed E-state index contributed by atoms with van der Waals surface area (Å²) in [6, 6.07) is 20.7. The fourth-order valence-electron chi connectivity index (χ4n) is 3.54. The molecule has 2 aromatic heterocycles. The summed E-state index contributed by atoms with van der Waals surface area (Å²) in [5.74, 6) is -0.979. The van der Waals surface area contributed by atoms with Gasteiger partial charge in [0, 0.05) is 33.2 Å². The molecule has 44 heavy (non-hydrogen) atoms. The van der Waals surface area contributed by atoms with Crippen LogP contribution in [0.1, 0.15) is 22.9 Å². The molecule has 10 nitrogen and oxygen atoms in total. The molecule has 0 fully saturated rings. The van der Waals surface area contributed by atoms with E-state index < -0.39 is 21.6 Å². The number of aryl methyl sites for hydroxylation is 1. The molecule has 0 saturated heterocycles. The summed E-state index contributed by atoms with van der Waals surface area (Å²) >= 11 is 11.7. The number of benzene rings is 3. The van der Waals surface area contributed by atoms with Crippen LogP contribution in [0.2, 0.25) is 10.0 Å². The summed E-state index contributed by atoms with van der Waals surface area (Å²) in [5, 5.41) is 22.7. The Morgan fingerprint density at radius 2 is 1.45 bits per heavy atom. The number of aromatic nitrogens is 2. The molecule has 0 aliphatic carbocycles. The Morgan fingerprint density at radius 3 is 1.98 bits per heavy atom. The van der Waals surface area contributed by atoms with Crippen molar-refractivity contribution in [1.29, 1.82) is 0 Å². The molecule has 1 amide bonds. The van der Waals surface area contributed by atoms with Gasteiger partial charge in [-0.05, 0) is 61.0 Å². The summed E-state index contributed by atoms with van der Waals surface area (Å²) in [7, 11) is -3.60. The molecule has 15 heteroatoms. The fourth-order valence-corrected chi connectivity index (χ4v) is 4.91. The third kappa shape index (κ3) is 12.0. The smallest absolute Gasteiger partial charge is 1.00 e. The number of pyridine rings is 2. The van der Waals surface area contributed by atoms with Crippen LogP contribution < -0.4 is 69.7 Å². The van der Waals surface area contributed by atoms with E-state index in [1.807, 2.05) is 25.1 Å². The second-order valence-electron chi connectivity index (χ2n) is 8.67. The molecule has 2 N–H and O–H groups in total. The van der Waals surface area contributed by atoms with E-state index in [9.17, 15) is 13.2 Å². The molecule has 2 heterocycles. The minimum atomic E-state index is -3.60. The number of amides is 1. The van der Waals surface area contributed by atoms with Gasteiger partial charge >= 0.3 is 59.1 Å². The maximum Gasteiger partial charge on any atom is 1.00 e. The standard InChI is InChI=1S/C18H15ClN2O3S.C10H8ClNO.CH2O3.2Na.H/c1-12-2-6-16(7-3-12)25(23,24)11-21-18(22)14-8-13-4-5-15(19)9-17(13)20-10-14;11-9-2-1-8-3-7(6-13)5-12-10(8)4-9;2-1-4-3;;;/h2-10H,11H2,1H3,(H,21,22);1-5,13H,6H2;1,3H;;;/q;;;2*+1;-1/p-1.